The van der Waals surface area contributed by atoms with Crippen molar-refractivity contribution in [2.24, 2.45) is 42.3 Å². The number of aryl methyl sites for hydroxylation is 12. The van der Waals surface area contributed by atoms with E-state index in [-0.39, 0.29) is 0 Å². The van der Waals surface area contributed by atoms with Gasteiger partial charge in [0.1, 0.15) is 43.9 Å². The van der Waals surface area contributed by atoms with E-state index in [1.165, 1.54) is 82.4 Å². The lowest BCUT2D eigenvalue weighted by atomic mass is 10.0. The van der Waals surface area contributed by atoms with Crippen LogP contribution in [-0.4, -0.2) is 20.1 Å². The molecule has 13 aromatic rings. The molecule has 13 rings (SSSR count). The summed E-state index contributed by atoms with van der Waals surface area (Å²) in [6.45, 7) is 36.4. The van der Waals surface area contributed by atoms with Crippen LogP contribution >= 0.6 is 0 Å². The van der Waals surface area contributed by atoms with Gasteiger partial charge in [0.05, 0.1) is 31.1 Å². The van der Waals surface area contributed by atoms with Crippen LogP contribution in [0.2, 0.25) is 0 Å². The van der Waals surface area contributed by atoms with E-state index >= 15 is 0 Å². The fraction of sp³-hybridized carbons (Fsp3) is 0.308. The van der Waals surface area contributed by atoms with Gasteiger partial charge in [-0.15, -0.1) is 0 Å². The van der Waals surface area contributed by atoms with E-state index < -0.39 is 0 Å². The van der Waals surface area contributed by atoms with Crippen molar-refractivity contribution >= 4 is 76.2 Å². The topological polar surface area (TPSA) is 74.8 Å². The Labute approximate surface area is 529 Å². The zero-order valence-corrected chi connectivity index (χ0v) is 58.1. The lowest BCUT2D eigenvalue weighted by Gasteiger charge is -2.03. The molecule has 0 unspecified atom stereocenters. The van der Waals surface area contributed by atoms with Gasteiger partial charge in [-0.3, -0.25) is 0 Å². The van der Waals surface area contributed by atoms with E-state index in [2.05, 4.69) is 215 Å². The fourth-order valence-corrected chi connectivity index (χ4v) is 8.79. The van der Waals surface area contributed by atoms with E-state index in [0.717, 1.165) is 28.2 Å². The van der Waals surface area contributed by atoms with Gasteiger partial charge in [0.25, 0.3) is 11.6 Å². The Bertz CT molecular complexity index is 3790. The SMILES string of the molecule is CC.CC.CC.CC.CC.CC.Cc1c2cc3ccccc3cc2cc[n+]1C.Cc1cc2ccccc2n[n+]1C.Cc1ccc2ccccc2[n+]1C.Cc1cnc2ccccc2[n+]1C.Cc1nc2ccccc2c[n+]1C.Cc1ncc2ccccc2[n+]1C. The number of fused-ring (bicyclic) bond motifs is 7. The number of aromatic nitrogens is 10. The summed E-state index contributed by atoms with van der Waals surface area (Å²) in [5, 5.41) is 14.5. The molecular weight excluding hydrogens is 1080 g/mol. The zero-order valence-electron chi connectivity index (χ0n) is 58.1. The average molecular weight is 1180 g/mol. The molecule has 10 nitrogen and oxygen atoms in total. The van der Waals surface area contributed by atoms with Crippen LogP contribution < -0.4 is 27.5 Å². The van der Waals surface area contributed by atoms with E-state index in [4.69, 9.17) is 0 Å². The van der Waals surface area contributed by atoms with Gasteiger partial charge in [-0.25, -0.2) is 18.7 Å². The Morgan fingerprint density at radius 1 is 0.307 bits per heavy atom. The minimum absolute atomic E-state index is 1.04. The molecule has 10 heteroatoms. The van der Waals surface area contributed by atoms with Crippen LogP contribution in [0.1, 0.15) is 118 Å². The zero-order chi connectivity index (χ0) is 65.9. The minimum Gasteiger partial charge on any atom is -0.243 e. The van der Waals surface area contributed by atoms with Crippen molar-refractivity contribution < 1.29 is 27.5 Å². The van der Waals surface area contributed by atoms with Crippen molar-refractivity contribution in [1.29, 1.82) is 0 Å². The van der Waals surface area contributed by atoms with Crippen LogP contribution in [0.3, 0.4) is 0 Å². The van der Waals surface area contributed by atoms with E-state index in [9.17, 15) is 0 Å². The second kappa shape index (κ2) is 40.4. The van der Waals surface area contributed by atoms with Crippen molar-refractivity contribution in [3.63, 3.8) is 0 Å². The highest BCUT2D eigenvalue weighted by molar-refractivity contribution is 5.98. The molecule has 6 aromatic heterocycles. The van der Waals surface area contributed by atoms with Gasteiger partial charge in [0.15, 0.2) is 42.0 Å². The van der Waals surface area contributed by atoms with Crippen molar-refractivity contribution in [3.8, 4) is 0 Å². The van der Waals surface area contributed by atoms with E-state index in [1.54, 1.807) is 0 Å². The lowest BCUT2D eigenvalue weighted by molar-refractivity contribution is -0.734. The minimum atomic E-state index is 1.04. The van der Waals surface area contributed by atoms with E-state index in [1.807, 2.05) is 206 Å². The largest absolute Gasteiger partial charge is 0.295 e. The van der Waals surface area contributed by atoms with Gasteiger partial charge in [-0.2, -0.15) is 9.13 Å². The highest BCUT2D eigenvalue weighted by Crippen LogP contribution is 2.23. The Balaban J connectivity index is 0.000000349. The predicted octanol–water partition coefficient (Wildman–Crippen LogP) is 16.7. The normalized spacial score (nSPS) is 9.59. The highest BCUT2D eigenvalue weighted by atomic mass is 15.2. The number of benzene rings is 7. The van der Waals surface area contributed by atoms with Gasteiger partial charge in [-0.05, 0) is 81.8 Å². The molecule has 88 heavy (non-hydrogen) atoms. The molecule has 6 heterocycles. The first-order chi connectivity index (χ1) is 42.7. The number of hydrogen-bond acceptors (Lipinski definition) is 4. The smallest absolute Gasteiger partial charge is 0.243 e. The molecule has 0 aliphatic carbocycles. The van der Waals surface area contributed by atoms with Gasteiger partial charge < -0.3 is 0 Å². The Morgan fingerprint density at radius 3 is 1.38 bits per heavy atom. The van der Waals surface area contributed by atoms with Crippen LogP contribution in [0.5, 0.6) is 0 Å². The highest BCUT2D eigenvalue weighted by Gasteiger charge is 2.11. The molecule has 0 fully saturated rings. The monoisotopic (exact) mass is 1180 g/mol. The van der Waals surface area contributed by atoms with Gasteiger partial charge >= 0.3 is 0 Å². The predicted molar refractivity (Wildman–Crippen MR) is 376 cm³/mol. The number of rotatable bonds is 0. The second-order valence-electron chi connectivity index (χ2n) is 19.2. The molecule has 0 aliphatic heterocycles. The molecule has 0 bridgehead atoms. The molecular formula is C78H106N10+6. The Morgan fingerprint density at radius 2 is 0.773 bits per heavy atom. The van der Waals surface area contributed by atoms with Gasteiger partial charge in [0, 0.05) is 93.1 Å². The Hall–Kier alpha value is -9.02. The van der Waals surface area contributed by atoms with Crippen LogP contribution in [0, 0.1) is 41.5 Å². The maximum atomic E-state index is 4.44. The summed E-state index contributed by atoms with van der Waals surface area (Å²) >= 11 is 0. The van der Waals surface area contributed by atoms with Crippen molar-refractivity contribution in [3.05, 3.63) is 241 Å². The summed E-state index contributed by atoms with van der Waals surface area (Å²) in [6, 6.07) is 62.7. The lowest BCUT2D eigenvalue weighted by Crippen LogP contribution is -2.36. The molecule has 0 atom stereocenters. The fourth-order valence-electron chi connectivity index (χ4n) is 8.79. The first-order valence-electron chi connectivity index (χ1n) is 31.6. The maximum absolute atomic E-state index is 4.44. The summed E-state index contributed by atoms with van der Waals surface area (Å²) in [5.74, 6) is 2.07. The van der Waals surface area contributed by atoms with Crippen LogP contribution in [0.15, 0.2) is 207 Å². The third kappa shape index (κ3) is 21.1. The number of hydrogen-bond donors (Lipinski definition) is 0. The molecule has 0 aliphatic rings. The second-order valence-corrected chi connectivity index (χ2v) is 19.2. The summed E-state index contributed by atoms with van der Waals surface area (Å²) in [4.78, 5) is 13.0. The van der Waals surface area contributed by atoms with Crippen LogP contribution in [-0.2, 0) is 42.3 Å². The van der Waals surface area contributed by atoms with E-state index in [0.29, 0.717) is 0 Å². The number of para-hydroxylation sites is 5. The summed E-state index contributed by atoms with van der Waals surface area (Å²) in [6.07, 6.45) is 8.01. The van der Waals surface area contributed by atoms with Gasteiger partial charge in [-0.1, -0.05) is 184 Å². The maximum Gasteiger partial charge on any atom is 0.295 e. The molecule has 462 valence electrons. The number of pyridine rings is 2. The first-order valence-corrected chi connectivity index (χ1v) is 31.6. The average Bonchev–Trinajstić information content (AvgIpc) is 3.37. The summed E-state index contributed by atoms with van der Waals surface area (Å²) in [5.41, 5.74) is 11.8. The summed E-state index contributed by atoms with van der Waals surface area (Å²) in [7, 11) is 12.2. The molecule has 0 spiro atoms. The van der Waals surface area contributed by atoms with Crippen molar-refractivity contribution in [2.75, 3.05) is 0 Å². The molecule has 0 saturated carbocycles. The molecule has 0 amide bonds. The van der Waals surface area contributed by atoms with Crippen LogP contribution in [0.4, 0.5) is 0 Å². The number of nitrogens with zero attached hydrogens (tertiary/aromatic N) is 10. The van der Waals surface area contributed by atoms with Crippen molar-refractivity contribution in [2.45, 2.75) is 125 Å². The Kier molecular flexibility index (Phi) is 34.4. The van der Waals surface area contributed by atoms with Crippen molar-refractivity contribution in [1.82, 2.24) is 20.1 Å². The molecule has 0 saturated heterocycles. The third-order valence-electron chi connectivity index (χ3n) is 14.1. The standard InChI is InChI=1S/C15H14N.C11H12N.4C10H11N2.6C2H6/c1-11-15-10-13-6-4-3-5-12(13)9-14(15)7-8-16(11)2;1-9-7-8-10-5-3-4-6-11(10)12(9)2;1-8-11-10-6-4-3-5-9(10)7-12(8)2;1-8-11-7-9-5-3-4-6-10(9)12(8)2;1-8-7-11-9-5-3-4-6-10(9)12(8)2;1-8-7-9-5-3-4-6-10(9)11-12(8)2;6*1-2/h3-10H,1-2H3;3-8H,1-2H3;4*3-7H,1-2H3;6*1-2H3/q6*+1;;;;;;. The quantitative estimate of drug-likeness (QED) is 0.112. The van der Waals surface area contributed by atoms with Gasteiger partial charge in [0.2, 0.25) is 16.7 Å². The third-order valence-corrected chi connectivity index (χ3v) is 14.1. The first kappa shape index (κ1) is 75.1. The van der Waals surface area contributed by atoms with Crippen LogP contribution in [0.25, 0.3) is 76.2 Å². The summed E-state index contributed by atoms with van der Waals surface area (Å²) < 4.78 is 12.5. The molecule has 7 aromatic carbocycles. The molecule has 0 radical (unpaired) electrons. The molecule has 0 N–H and O–H groups in total.